The van der Waals surface area contributed by atoms with Crippen molar-refractivity contribution >= 4 is 34.4 Å². The van der Waals surface area contributed by atoms with Crippen LogP contribution in [0.15, 0.2) is 64.8 Å². The summed E-state index contributed by atoms with van der Waals surface area (Å²) >= 11 is 0. The molecule has 0 aliphatic rings. The highest BCUT2D eigenvalue weighted by atomic mass is 16.5. The molecule has 3 N–H and O–H groups in total. The zero-order chi connectivity index (χ0) is 16.9. The average Bonchev–Trinajstić information content (AvgIpc) is 2.95. The number of nitrogen functional groups attached to an aromatic ring is 1. The van der Waals surface area contributed by atoms with Crippen LogP contribution < -0.4 is 10.5 Å². The van der Waals surface area contributed by atoms with Crippen LogP contribution in [-0.4, -0.2) is 18.0 Å². The third kappa shape index (κ3) is 3.33. The van der Waals surface area contributed by atoms with Gasteiger partial charge in [0.05, 0.1) is 7.11 Å². The van der Waals surface area contributed by atoms with Gasteiger partial charge in [-0.25, -0.2) is 0 Å². The number of fused-ring (bicyclic) bond motifs is 1. The number of anilines is 1. The first-order chi connectivity index (χ1) is 11.7. The van der Waals surface area contributed by atoms with E-state index in [2.05, 4.69) is 15.2 Å². The number of amides is 1. The number of carbonyl (C=O) groups is 1. The Morgan fingerprint density at radius 2 is 1.96 bits per heavy atom. The summed E-state index contributed by atoms with van der Waals surface area (Å²) in [6, 6.07) is 14.9. The van der Waals surface area contributed by atoms with E-state index in [1.54, 1.807) is 13.2 Å². The number of nitrogens with zero attached hydrogens (tertiary/aromatic N) is 2. The minimum absolute atomic E-state index is 0.463. The van der Waals surface area contributed by atoms with Crippen molar-refractivity contribution in [2.45, 2.75) is 0 Å². The molecule has 0 radical (unpaired) electrons. The van der Waals surface area contributed by atoms with Crippen LogP contribution >= 0.6 is 0 Å². The molecule has 0 bridgehead atoms. The summed E-state index contributed by atoms with van der Waals surface area (Å²) in [6.45, 7) is 0. The molecule has 24 heavy (non-hydrogen) atoms. The summed E-state index contributed by atoms with van der Waals surface area (Å²) < 4.78 is 5.13. The average molecular weight is 320 g/mol. The molecular weight excluding hydrogens is 304 g/mol. The zero-order valence-corrected chi connectivity index (χ0v) is 13.1. The van der Waals surface area contributed by atoms with Gasteiger partial charge in [0.1, 0.15) is 11.6 Å². The number of rotatable bonds is 4. The molecule has 3 aromatic rings. The number of nitrogens with two attached hydrogens (primary N) is 1. The van der Waals surface area contributed by atoms with Crippen LogP contribution in [0.2, 0.25) is 0 Å². The van der Waals surface area contributed by atoms with Gasteiger partial charge in [-0.05, 0) is 23.8 Å². The summed E-state index contributed by atoms with van der Waals surface area (Å²) in [5, 5.41) is 9.34. The topological polar surface area (TPSA) is 92.8 Å². The Morgan fingerprint density at radius 1 is 1.17 bits per heavy atom. The van der Waals surface area contributed by atoms with Gasteiger partial charge < -0.3 is 15.5 Å². The van der Waals surface area contributed by atoms with Crippen molar-refractivity contribution in [1.82, 2.24) is 4.98 Å². The summed E-state index contributed by atoms with van der Waals surface area (Å²) in [4.78, 5) is 14.8. The molecule has 2 aromatic carbocycles. The minimum atomic E-state index is -0.463. The molecule has 1 heterocycles. The van der Waals surface area contributed by atoms with Crippen LogP contribution in [0.25, 0.3) is 16.8 Å². The molecule has 3 rings (SSSR count). The molecule has 0 fully saturated rings. The fraction of sp³-hybridized carbons (Fsp3) is 0.0556. The maximum Gasteiger partial charge on any atom is 0.288 e. The van der Waals surface area contributed by atoms with Crippen LogP contribution in [0.4, 0.5) is 11.6 Å². The van der Waals surface area contributed by atoms with Gasteiger partial charge >= 0.3 is 0 Å². The van der Waals surface area contributed by atoms with Gasteiger partial charge in [-0.2, -0.15) is 0 Å². The molecule has 0 saturated heterocycles. The van der Waals surface area contributed by atoms with E-state index < -0.39 is 5.91 Å². The van der Waals surface area contributed by atoms with Gasteiger partial charge in [0.25, 0.3) is 5.91 Å². The largest absolute Gasteiger partial charge is 0.497 e. The van der Waals surface area contributed by atoms with Gasteiger partial charge in [0.2, 0.25) is 0 Å². The highest BCUT2D eigenvalue weighted by Crippen LogP contribution is 2.30. The zero-order valence-electron chi connectivity index (χ0n) is 13.1. The number of azo groups is 1. The van der Waals surface area contributed by atoms with E-state index >= 15 is 0 Å². The third-order valence-electron chi connectivity index (χ3n) is 3.49. The van der Waals surface area contributed by atoms with E-state index in [1.807, 2.05) is 48.5 Å². The van der Waals surface area contributed by atoms with E-state index in [-0.39, 0.29) is 0 Å². The predicted octanol–water partition coefficient (Wildman–Crippen LogP) is 4.08. The summed E-state index contributed by atoms with van der Waals surface area (Å²) in [7, 11) is 1.59. The number of aromatic amines is 1. The van der Waals surface area contributed by atoms with E-state index in [4.69, 9.17) is 10.5 Å². The quantitative estimate of drug-likeness (QED) is 0.560. The number of methoxy groups -OCH3 is 1. The maximum atomic E-state index is 11.9. The van der Waals surface area contributed by atoms with Crippen LogP contribution in [0.3, 0.4) is 0 Å². The molecule has 0 unspecified atom stereocenters. The Hall–Kier alpha value is -3.41. The number of hydrogen-bond donors (Lipinski definition) is 2. The molecule has 6 nitrogen and oxygen atoms in total. The van der Waals surface area contributed by atoms with Crippen molar-refractivity contribution in [2.75, 3.05) is 12.8 Å². The fourth-order valence-corrected chi connectivity index (χ4v) is 2.31. The Balaban J connectivity index is 1.76. The second-order valence-electron chi connectivity index (χ2n) is 5.08. The van der Waals surface area contributed by atoms with Crippen LogP contribution in [0, 0.1) is 0 Å². The Morgan fingerprint density at radius 3 is 2.75 bits per heavy atom. The number of hydrogen-bond acceptors (Lipinski definition) is 4. The number of benzene rings is 2. The maximum absolute atomic E-state index is 11.9. The number of nitrogens with one attached hydrogen (secondary N) is 1. The van der Waals surface area contributed by atoms with Crippen molar-refractivity contribution in [2.24, 2.45) is 10.2 Å². The molecule has 0 aliphatic carbocycles. The van der Waals surface area contributed by atoms with Crippen LogP contribution in [0.1, 0.15) is 5.56 Å². The van der Waals surface area contributed by atoms with E-state index in [0.29, 0.717) is 11.6 Å². The molecule has 1 amide bonds. The standard InChI is InChI=1S/C18H16N4O2/c1-24-13-6-4-5-12(11-13)9-10-16(23)21-22-18-15-8-3-2-7-14(15)17(19)20-18/h2-11,20H,19H2,1H3/b10-9+,22-21?. The molecule has 120 valence electrons. The van der Waals surface area contributed by atoms with E-state index in [1.165, 1.54) is 6.08 Å². The van der Waals surface area contributed by atoms with E-state index in [9.17, 15) is 4.79 Å². The third-order valence-corrected chi connectivity index (χ3v) is 3.49. The van der Waals surface area contributed by atoms with Crippen molar-refractivity contribution in [3.05, 3.63) is 60.2 Å². The van der Waals surface area contributed by atoms with Gasteiger partial charge in [-0.1, -0.05) is 36.4 Å². The molecule has 0 atom stereocenters. The molecular formula is C18H16N4O2. The van der Waals surface area contributed by atoms with Crippen LogP contribution in [-0.2, 0) is 4.79 Å². The second-order valence-corrected chi connectivity index (χ2v) is 5.08. The van der Waals surface area contributed by atoms with Crippen molar-refractivity contribution in [3.8, 4) is 5.75 Å². The van der Waals surface area contributed by atoms with E-state index in [0.717, 1.165) is 22.1 Å². The molecule has 0 saturated carbocycles. The predicted molar refractivity (Wildman–Crippen MR) is 94.3 cm³/mol. The lowest BCUT2D eigenvalue weighted by molar-refractivity contribution is -0.113. The number of H-pyrrole nitrogens is 1. The van der Waals surface area contributed by atoms with Crippen molar-refractivity contribution in [1.29, 1.82) is 0 Å². The number of carbonyl (C=O) groups excluding carboxylic acids is 1. The highest BCUT2D eigenvalue weighted by molar-refractivity contribution is 6.00. The van der Waals surface area contributed by atoms with Gasteiger partial charge in [0.15, 0.2) is 5.82 Å². The summed E-state index contributed by atoms with van der Waals surface area (Å²) in [6.07, 6.45) is 3.01. The van der Waals surface area contributed by atoms with Gasteiger partial charge in [-0.3, -0.25) is 4.79 Å². The smallest absolute Gasteiger partial charge is 0.288 e. The summed E-state index contributed by atoms with van der Waals surface area (Å²) in [5.74, 6) is 1.22. The number of aromatic nitrogens is 1. The normalized spacial score (nSPS) is 11.5. The SMILES string of the molecule is COc1cccc(/C=C/C(=O)N=Nc2[nH]c(N)c3ccccc23)c1. The molecule has 0 spiro atoms. The fourth-order valence-electron chi connectivity index (χ4n) is 2.31. The first-order valence-corrected chi connectivity index (χ1v) is 7.31. The van der Waals surface area contributed by atoms with Crippen molar-refractivity contribution < 1.29 is 9.53 Å². The first-order valence-electron chi connectivity index (χ1n) is 7.31. The number of ether oxygens (including phenoxy) is 1. The lowest BCUT2D eigenvalue weighted by Crippen LogP contribution is -1.86. The lowest BCUT2D eigenvalue weighted by Gasteiger charge is -1.99. The lowest BCUT2D eigenvalue weighted by atomic mass is 10.2. The van der Waals surface area contributed by atoms with Crippen molar-refractivity contribution in [3.63, 3.8) is 0 Å². The molecule has 0 aliphatic heterocycles. The molecule has 1 aromatic heterocycles. The van der Waals surface area contributed by atoms with Gasteiger partial charge in [0, 0.05) is 16.8 Å². The van der Waals surface area contributed by atoms with Crippen LogP contribution in [0.5, 0.6) is 5.75 Å². The highest BCUT2D eigenvalue weighted by Gasteiger charge is 2.06. The second kappa shape index (κ2) is 6.78. The van der Waals surface area contributed by atoms with Gasteiger partial charge in [-0.15, -0.1) is 10.2 Å². The Bertz CT molecular complexity index is 941. The monoisotopic (exact) mass is 320 g/mol. The Labute approximate surface area is 138 Å². The summed E-state index contributed by atoms with van der Waals surface area (Å²) in [5.41, 5.74) is 6.72. The first kappa shape index (κ1) is 15.5. The molecule has 6 heteroatoms. The minimum Gasteiger partial charge on any atom is -0.497 e. The Kier molecular flexibility index (Phi) is 4.38.